The monoisotopic (exact) mass is 321 g/mol. The van der Waals surface area contributed by atoms with Crippen LogP contribution in [0.4, 0.5) is 8.78 Å². The van der Waals surface area contributed by atoms with Gasteiger partial charge in [-0.1, -0.05) is 0 Å². The number of carbonyl (C=O) groups is 1. The molecule has 4 nitrogen and oxygen atoms in total. The van der Waals surface area contributed by atoms with Gasteiger partial charge in [-0.05, 0) is 49.4 Å². The van der Waals surface area contributed by atoms with Gasteiger partial charge < -0.3 is 14.8 Å². The fraction of sp³-hybridized carbons (Fsp3) is 0.235. The maximum absolute atomic E-state index is 13.0. The highest BCUT2D eigenvalue weighted by molar-refractivity contribution is 5.94. The Bertz CT molecular complexity index is 659. The molecule has 0 spiro atoms. The third kappa shape index (κ3) is 4.95. The van der Waals surface area contributed by atoms with Crippen molar-refractivity contribution < 1.29 is 23.0 Å². The Labute approximate surface area is 133 Å². The van der Waals surface area contributed by atoms with E-state index < -0.39 is 17.5 Å². The first kappa shape index (κ1) is 16.7. The van der Waals surface area contributed by atoms with Crippen LogP contribution in [0.25, 0.3) is 0 Å². The molecule has 6 heteroatoms. The summed E-state index contributed by atoms with van der Waals surface area (Å²) in [6, 6.07) is 10.1. The predicted molar refractivity (Wildman–Crippen MR) is 81.8 cm³/mol. The van der Waals surface area contributed by atoms with E-state index in [4.69, 9.17) is 9.47 Å². The highest BCUT2D eigenvalue weighted by atomic mass is 19.2. The third-order valence-corrected chi connectivity index (χ3v) is 2.97. The molecule has 1 N–H and O–H groups in total. The Balaban J connectivity index is 1.76. The van der Waals surface area contributed by atoms with Gasteiger partial charge in [0.1, 0.15) is 18.1 Å². The van der Waals surface area contributed by atoms with Crippen LogP contribution < -0.4 is 14.8 Å². The van der Waals surface area contributed by atoms with Gasteiger partial charge in [-0.3, -0.25) is 4.79 Å². The molecule has 0 saturated heterocycles. The van der Waals surface area contributed by atoms with Gasteiger partial charge in [-0.15, -0.1) is 0 Å². The van der Waals surface area contributed by atoms with Gasteiger partial charge in [0, 0.05) is 5.56 Å². The van der Waals surface area contributed by atoms with E-state index in [1.165, 1.54) is 6.07 Å². The molecule has 0 fully saturated rings. The molecule has 2 aromatic carbocycles. The number of rotatable bonds is 7. The lowest BCUT2D eigenvalue weighted by Gasteiger charge is -2.09. The van der Waals surface area contributed by atoms with Crippen molar-refractivity contribution in [1.29, 1.82) is 0 Å². The van der Waals surface area contributed by atoms with Crippen molar-refractivity contribution in [2.45, 2.75) is 6.92 Å². The second-order valence-corrected chi connectivity index (χ2v) is 4.64. The zero-order valence-electron chi connectivity index (χ0n) is 12.6. The van der Waals surface area contributed by atoms with E-state index in [2.05, 4.69) is 5.32 Å². The molecule has 0 saturated carbocycles. The van der Waals surface area contributed by atoms with E-state index in [0.29, 0.717) is 12.4 Å². The maximum Gasteiger partial charge on any atom is 0.251 e. The number of benzene rings is 2. The molecule has 23 heavy (non-hydrogen) atoms. The number of hydrogen-bond acceptors (Lipinski definition) is 3. The van der Waals surface area contributed by atoms with Crippen LogP contribution in [0.1, 0.15) is 17.3 Å². The Kier molecular flexibility index (Phi) is 5.91. The number of carbonyl (C=O) groups excluding carboxylic acids is 1. The summed E-state index contributed by atoms with van der Waals surface area (Å²) in [6.07, 6.45) is 0. The zero-order chi connectivity index (χ0) is 16.7. The SMILES string of the molecule is CCOc1ccc(OCCNC(=O)c2ccc(F)c(F)c2)cc1. The molecular weight excluding hydrogens is 304 g/mol. The first-order chi connectivity index (χ1) is 11.1. The van der Waals surface area contributed by atoms with Crippen LogP contribution in [0, 0.1) is 11.6 Å². The van der Waals surface area contributed by atoms with Crippen molar-refractivity contribution in [3.05, 3.63) is 59.7 Å². The quantitative estimate of drug-likeness (QED) is 0.797. The van der Waals surface area contributed by atoms with Crippen LogP contribution in [-0.2, 0) is 0 Å². The van der Waals surface area contributed by atoms with Crippen LogP contribution in [0.3, 0.4) is 0 Å². The molecule has 0 aliphatic heterocycles. The highest BCUT2D eigenvalue weighted by Gasteiger charge is 2.09. The highest BCUT2D eigenvalue weighted by Crippen LogP contribution is 2.17. The largest absolute Gasteiger partial charge is 0.494 e. The first-order valence-electron chi connectivity index (χ1n) is 7.19. The molecule has 0 aliphatic rings. The lowest BCUT2D eigenvalue weighted by Crippen LogP contribution is -2.28. The summed E-state index contributed by atoms with van der Waals surface area (Å²) in [5.41, 5.74) is 0.0602. The number of hydrogen-bond donors (Lipinski definition) is 1. The van der Waals surface area contributed by atoms with Crippen molar-refractivity contribution in [3.8, 4) is 11.5 Å². The molecule has 2 rings (SSSR count). The maximum atomic E-state index is 13.0. The van der Waals surface area contributed by atoms with E-state index >= 15 is 0 Å². The van der Waals surface area contributed by atoms with Gasteiger partial charge in [-0.2, -0.15) is 0 Å². The molecule has 0 bridgehead atoms. The lowest BCUT2D eigenvalue weighted by molar-refractivity contribution is 0.0946. The van der Waals surface area contributed by atoms with Crippen LogP contribution in [-0.4, -0.2) is 25.7 Å². The summed E-state index contributed by atoms with van der Waals surface area (Å²) >= 11 is 0. The average molecular weight is 321 g/mol. The van der Waals surface area contributed by atoms with E-state index in [1.807, 2.05) is 6.92 Å². The van der Waals surface area contributed by atoms with Gasteiger partial charge in [-0.25, -0.2) is 8.78 Å². The van der Waals surface area contributed by atoms with Gasteiger partial charge in [0.25, 0.3) is 5.91 Å². The smallest absolute Gasteiger partial charge is 0.251 e. The van der Waals surface area contributed by atoms with Crippen molar-refractivity contribution in [2.75, 3.05) is 19.8 Å². The summed E-state index contributed by atoms with van der Waals surface area (Å²) < 4.78 is 36.6. The molecule has 0 atom stereocenters. The number of ether oxygens (including phenoxy) is 2. The zero-order valence-corrected chi connectivity index (χ0v) is 12.6. The van der Waals surface area contributed by atoms with Crippen molar-refractivity contribution in [2.24, 2.45) is 0 Å². The topological polar surface area (TPSA) is 47.6 Å². The first-order valence-corrected chi connectivity index (χ1v) is 7.19. The number of amides is 1. The Hall–Kier alpha value is -2.63. The van der Waals surface area contributed by atoms with Gasteiger partial charge in [0.2, 0.25) is 0 Å². The van der Waals surface area contributed by atoms with E-state index in [9.17, 15) is 13.6 Å². The van der Waals surface area contributed by atoms with Gasteiger partial charge >= 0.3 is 0 Å². The Morgan fingerprint density at radius 3 is 2.26 bits per heavy atom. The molecule has 0 aliphatic carbocycles. The lowest BCUT2D eigenvalue weighted by atomic mass is 10.2. The molecule has 0 unspecified atom stereocenters. The van der Waals surface area contributed by atoms with E-state index in [1.54, 1.807) is 24.3 Å². The van der Waals surface area contributed by atoms with E-state index in [-0.39, 0.29) is 18.7 Å². The molecule has 2 aromatic rings. The summed E-state index contributed by atoms with van der Waals surface area (Å²) in [7, 11) is 0. The molecule has 0 aromatic heterocycles. The molecule has 122 valence electrons. The third-order valence-electron chi connectivity index (χ3n) is 2.97. The minimum atomic E-state index is -1.05. The standard InChI is InChI=1S/C17H17F2NO3/c1-2-22-13-4-6-14(7-5-13)23-10-9-20-17(21)12-3-8-15(18)16(19)11-12/h3-8,11H,2,9-10H2,1H3,(H,20,21). The van der Waals surface area contributed by atoms with Crippen molar-refractivity contribution in [1.82, 2.24) is 5.32 Å². The van der Waals surface area contributed by atoms with Crippen LogP contribution in [0.15, 0.2) is 42.5 Å². The molecule has 0 heterocycles. The van der Waals surface area contributed by atoms with Crippen LogP contribution in [0.2, 0.25) is 0 Å². The average Bonchev–Trinajstić information content (AvgIpc) is 2.55. The normalized spacial score (nSPS) is 10.2. The van der Waals surface area contributed by atoms with Gasteiger partial charge in [0.15, 0.2) is 11.6 Å². The molecular formula is C17H17F2NO3. The molecule has 0 radical (unpaired) electrons. The number of halogens is 2. The molecule has 1 amide bonds. The van der Waals surface area contributed by atoms with Crippen molar-refractivity contribution in [3.63, 3.8) is 0 Å². The minimum absolute atomic E-state index is 0.0602. The summed E-state index contributed by atoms with van der Waals surface area (Å²) in [5.74, 6) is -1.12. The Morgan fingerprint density at radius 1 is 1.00 bits per heavy atom. The van der Waals surface area contributed by atoms with Crippen LogP contribution >= 0.6 is 0 Å². The summed E-state index contributed by atoms with van der Waals surface area (Å²) in [5, 5.41) is 2.57. The fourth-order valence-electron chi connectivity index (χ4n) is 1.87. The minimum Gasteiger partial charge on any atom is -0.494 e. The van der Waals surface area contributed by atoms with E-state index in [0.717, 1.165) is 17.9 Å². The second kappa shape index (κ2) is 8.12. The predicted octanol–water partition coefficient (Wildman–Crippen LogP) is 3.17. The van der Waals surface area contributed by atoms with Crippen LogP contribution in [0.5, 0.6) is 11.5 Å². The number of nitrogens with one attached hydrogen (secondary N) is 1. The van der Waals surface area contributed by atoms with Gasteiger partial charge in [0.05, 0.1) is 13.2 Å². The Morgan fingerprint density at radius 2 is 1.65 bits per heavy atom. The van der Waals surface area contributed by atoms with Crippen molar-refractivity contribution >= 4 is 5.91 Å². The fourth-order valence-corrected chi connectivity index (χ4v) is 1.87. The summed E-state index contributed by atoms with van der Waals surface area (Å²) in [6.45, 7) is 2.99. The second-order valence-electron chi connectivity index (χ2n) is 4.64. The summed E-state index contributed by atoms with van der Waals surface area (Å²) in [4.78, 5) is 11.8.